The van der Waals surface area contributed by atoms with Crippen molar-refractivity contribution in [3.05, 3.63) is 51.7 Å². The Labute approximate surface area is 135 Å². The van der Waals surface area contributed by atoms with Crippen LogP contribution in [-0.2, 0) is 9.84 Å². The average molecular weight is 390 g/mol. The summed E-state index contributed by atoms with van der Waals surface area (Å²) >= 11 is 9.08. The number of nitrogens with zero attached hydrogens (tertiary/aromatic N) is 1. The topological polar surface area (TPSA) is 76.1 Å². The third-order valence-corrected chi connectivity index (χ3v) is 4.42. The van der Waals surface area contributed by atoms with Crippen LogP contribution < -0.4 is 5.32 Å². The molecular formula is C13H10BrClN2O3S. The Hall–Kier alpha value is -1.44. The summed E-state index contributed by atoms with van der Waals surface area (Å²) < 4.78 is 23.6. The highest BCUT2D eigenvalue weighted by Gasteiger charge is 2.14. The zero-order valence-corrected chi connectivity index (χ0v) is 14.0. The quantitative estimate of drug-likeness (QED) is 0.818. The lowest BCUT2D eigenvalue weighted by molar-refractivity contribution is 0.102. The van der Waals surface area contributed by atoms with Crippen molar-refractivity contribution in [2.75, 3.05) is 11.6 Å². The van der Waals surface area contributed by atoms with Crippen molar-refractivity contribution in [2.24, 2.45) is 0 Å². The maximum atomic E-state index is 12.1. The molecule has 5 nitrogen and oxygen atoms in total. The number of carbonyl (C=O) groups excluding carboxylic acids is 1. The standard InChI is InChI=1S/C13H10BrClN2O3S/c1-21(19,20)10-4-2-3-9(6-10)17-13(18)11-5-8(14)7-16-12(11)15/h2-7H,1H3,(H,17,18). The molecule has 0 aliphatic carbocycles. The second-order valence-corrected chi connectivity index (χ2v) is 7.54. The van der Waals surface area contributed by atoms with Gasteiger partial charge < -0.3 is 5.32 Å². The third kappa shape index (κ3) is 4.03. The summed E-state index contributed by atoms with van der Waals surface area (Å²) in [6, 6.07) is 7.51. The summed E-state index contributed by atoms with van der Waals surface area (Å²) in [6.07, 6.45) is 2.58. The van der Waals surface area contributed by atoms with Gasteiger partial charge in [0.2, 0.25) is 0 Å². The molecular weight excluding hydrogens is 380 g/mol. The van der Waals surface area contributed by atoms with Gasteiger partial charge in [0.15, 0.2) is 9.84 Å². The molecule has 0 radical (unpaired) electrons. The van der Waals surface area contributed by atoms with Crippen molar-refractivity contribution in [3.63, 3.8) is 0 Å². The fraction of sp³-hybridized carbons (Fsp3) is 0.0769. The van der Waals surface area contributed by atoms with Crippen LogP contribution in [0.3, 0.4) is 0 Å². The average Bonchev–Trinajstić information content (AvgIpc) is 2.41. The summed E-state index contributed by atoms with van der Waals surface area (Å²) in [5, 5.41) is 2.65. The van der Waals surface area contributed by atoms with Gasteiger partial charge in [0.05, 0.1) is 10.5 Å². The van der Waals surface area contributed by atoms with Gasteiger partial charge in [-0.25, -0.2) is 13.4 Å². The van der Waals surface area contributed by atoms with Crippen LogP contribution in [0.4, 0.5) is 5.69 Å². The molecule has 21 heavy (non-hydrogen) atoms. The number of amides is 1. The molecule has 1 N–H and O–H groups in total. The molecule has 2 aromatic rings. The Bertz CT molecular complexity index is 809. The SMILES string of the molecule is CS(=O)(=O)c1cccc(NC(=O)c2cc(Br)cnc2Cl)c1. The van der Waals surface area contributed by atoms with Gasteiger partial charge in [-0.15, -0.1) is 0 Å². The molecule has 110 valence electrons. The molecule has 1 aromatic heterocycles. The van der Waals surface area contributed by atoms with Gasteiger partial charge in [0.1, 0.15) is 5.15 Å². The molecule has 0 spiro atoms. The molecule has 0 atom stereocenters. The number of rotatable bonds is 3. The molecule has 1 heterocycles. The first-order valence-corrected chi connectivity index (χ1v) is 8.76. The molecule has 0 aliphatic rings. The summed E-state index contributed by atoms with van der Waals surface area (Å²) in [4.78, 5) is 16.1. The fourth-order valence-electron chi connectivity index (χ4n) is 1.58. The monoisotopic (exact) mass is 388 g/mol. The molecule has 2 rings (SSSR count). The van der Waals surface area contributed by atoms with E-state index in [1.165, 1.54) is 24.4 Å². The largest absolute Gasteiger partial charge is 0.322 e. The number of benzene rings is 1. The smallest absolute Gasteiger partial charge is 0.258 e. The van der Waals surface area contributed by atoms with Crippen LogP contribution in [0.25, 0.3) is 0 Å². The van der Waals surface area contributed by atoms with Gasteiger partial charge in [0, 0.05) is 22.6 Å². The summed E-state index contributed by atoms with van der Waals surface area (Å²) in [6.45, 7) is 0. The Balaban J connectivity index is 2.30. The van der Waals surface area contributed by atoms with Gasteiger partial charge in [-0.1, -0.05) is 17.7 Å². The Morgan fingerprint density at radius 2 is 2.05 bits per heavy atom. The lowest BCUT2D eigenvalue weighted by Gasteiger charge is -2.08. The first-order chi connectivity index (χ1) is 9.77. The number of pyridine rings is 1. The molecule has 1 amide bonds. The van der Waals surface area contributed by atoms with E-state index in [4.69, 9.17) is 11.6 Å². The molecule has 1 aromatic carbocycles. The van der Waals surface area contributed by atoms with E-state index in [-0.39, 0.29) is 15.6 Å². The van der Waals surface area contributed by atoms with Crippen molar-refractivity contribution in [1.82, 2.24) is 4.98 Å². The second-order valence-electron chi connectivity index (χ2n) is 4.25. The Morgan fingerprint density at radius 3 is 2.71 bits per heavy atom. The molecule has 8 heteroatoms. The number of nitrogens with one attached hydrogen (secondary N) is 1. The Morgan fingerprint density at radius 1 is 1.33 bits per heavy atom. The highest BCUT2D eigenvalue weighted by Crippen LogP contribution is 2.21. The van der Waals surface area contributed by atoms with Crippen molar-refractivity contribution >= 4 is 49.0 Å². The maximum absolute atomic E-state index is 12.1. The number of hydrogen-bond donors (Lipinski definition) is 1. The first-order valence-electron chi connectivity index (χ1n) is 5.70. The number of halogens is 2. The molecule has 0 fully saturated rings. The first kappa shape index (κ1) is 15.9. The van der Waals surface area contributed by atoms with Crippen LogP contribution in [-0.4, -0.2) is 25.6 Å². The summed E-state index contributed by atoms with van der Waals surface area (Å²) in [5.41, 5.74) is 0.551. The van der Waals surface area contributed by atoms with E-state index in [2.05, 4.69) is 26.2 Å². The van der Waals surface area contributed by atoms with E-state index in [1.807, 2.05) is 0 Å². The number of aromatic nitrogens is 1. The fourth-order valence-corrected chi connectivity index (χ4v) is 2.77. The zero-order chi connectivity index (χ0) is 15.6. The van der Waals surface area contributed by atoms with Crippen molar-refractivity contribution in [3.8, 4) is 0 Å². The zero-order valence-electron chi connectivity index (χ0n) is 10.8. The van der Waals surface area contributed by atoms with Crippen molar-refractivity contribution in [1.29, 1.82) is 0 Å². The van der Waals surface area contributed by atoms with E-state index < -0.39 is 15.7 Å². The van der Waals surface area contributed by atoms with Gasteiger partial charge in [-0.2, -0.15) is 0 Å². The summed E-state index contributed by atoms with van der Waals surface area (Å²) in [7, 11) is -3.34. The number of anilines is 1. The van der Waals surface area contributed by atoms with E-state index in [1.54, 1.807) is 12.1 Å². The predicted octanol–water partition coefficient (Wildman–Crippen LogP) is 3.15. The van der Waals surface area contributed by atoms with Crippen LogP contribution in [0.15, 0.2) is 45.9 Å². The third-order valence-electron chi connectivity index (χ3n) is 2.57. The lowest BCUT2D eigenvalue weighted by Crippen LogP contribution is -2.13. The van der Waals surface area contributed by atoms with Gasteiger partial charge in [-0.05, 0) is 40.2 Å². The Kier molecular flexibility index (Phi) is 4.65. The van der Waals surface area contributed by atoms with E-state index in [9.17, 15) is 13.2 Å². The van der Waals surface area contributed by atoms with Crippen LogP contribution in [0, 0.1) is 0 Å². The normalized spacial score (nSPS) is 11.2. The molecule has 0 unspecified atom stereocenters. The molecule has 0 saturated heterocycles. The maximum Gasteiger partial charge on any atom is 0.258 e. The van der Waals surface area contributed by atoms with Crippen LogP contribution in [0.1, 0.15) is 10.4 Å². The van der Waals surface area contributed by atoms with Gasteiger partial charge >= 0.3 is 0 Å². The van der Waals surface area contributed by atoms with Crippen LogP contribution in [0.2, 0.25) is 5.15 Å². The highest BCUT2D eigenvalue weighted by molar-refractivity contribution is 9.10. The van der Waals surface area contributed by atoms with E-state index >= 15 is 0 Å². The number of sulfone groups is 1. The number of carbonyl (C=O) groups is 1. The van der Waals surface area contributed by atoms with Gasteiger partial charge in [-0.3, -0.25) is 4.79 Å². The van der Waals surface area contributed by atoms with E-state index in [0.29, 0.717) is 10.2 Å². The summed E-state index contributed by atoms with van der Waals surface area (Å²) in [5.74, 6) is -0.473. The van der Waals surface area contributed by atoms with Crippen molar-refractivity contribution < 1.29 is 13.2 Å². The lowest BCUT2D eigenvalue weighted by atomic mass is 10.2. The van der Waals surface area contributed by atoms with Crippen LogP contribution in [0.5, 0.6) is 0 Å². The van der Waals surface area contributed by atoms with Crippen LogP contribution >= 0.6 is 27.5 Å². The highest BCUT2D eigenvalue weighted by atomic mass is 79.9. The minimum absolute atomic E-state index is 0.0648. The predicted molar refractivity (Wildman–Crippen MR) is 84.5 cm³/mol. The number of hydrogen-bond acceptors (Lipinski definition) is 4. The minimum Gasteiger partial charge on any atom is -0.322 e. The molecule has 0 saturated carbocycles. The van der Waals surface area contributed by atoms with Crippen molar-refractivity contribution in [2.45, 2.75) is 4.90 Å². The molecule has 0 aliphatic heterocycles. The second kappa shape index (κ2) is 6.13. The van der Waals surface area contributed by atoms with Gasteiger partial charge in [0.25, 0.3) is 5.91 Å². The van der Waals surface area contributed by atoms with E-state index in [0.717, 1.165) is 6.26 Å². The minimum atomic E-state index is -3.34. The molecule has 0 bridgehead atoms.